The Labute approximate surface area is 233 Å². The Morgan fingerprint density at radius 1 is 0.947 bits per heavy atom. The van der Waals surface area contributed by atoms with Crippen LogP contribution in [0.4, 0.5) is 5.69 Å². The van der Waals surface area contributed by atoms with Gasteiger partial charge in [-0.3, -0.25) is 14.0 Å². The van der Waals surface area contributed by atoms with Crippen LogP contribution in [0.3, 0.4) is 0 Å². The van der Waals surface area contributed by atoms with Gasteiger partial charge in [-0.05, 0) is 85.4 Å². The highest BCUT2D eigenvalue weighted by molar-refractivity contribution is 7.92. The van der Waals surface area contributed by atoms with Crippen molar-refractivity contribution in [2.45, 2.75) is 51.5 Å². The maximum Gasteiger partial charge on any atom is 0.232 e. The van der Waals surface area contributed by atoms with E-state index in [1.165, 1.54) is 31.1 Å². The van der Waals surface area contributed by atoms with Crippen LogP contribution in [-0.4, -0.2) is 45.1 Å². The molecule has 38 heavy (non-hydrogen) atoms. The number of primary amides is 1. The highest BCUT2D eigenvalue weighted by Crippen LogP contribution is 2.41. The second-order valence-corrected chi connectivity index (χ2v) is 13.2. The van der Waals surface area contributed by atoms with Crippen LogP contribution < -0.4 is 14.8 Å². The number of anilines is 1. The number of halogens is 1. The minimum Gasteiger partial charge on any atom is -0.457 e. The highest BCUT2D eigenvalue weighted by atomic mass is 35.5. The third-order valence-corrected chi connectivity index (χ3v) is 9.63. The molecule has 1 saturated heterocycles. The van der Waals surface area contributed by atoms with Gasteiger partial charge < -0.3 is 10.5 Å². The topological polar surface area (TPSA) is 92.9 Å². The lowest BCUT2D eigenvalue weighted by Gasteiger charge is -2.29. The first kappa shape index (κ1) is 28.7. The Bertz CT molecular complexity index is 1170. The molecule has 2 aromatic carbocycles. The average Bonchev–Trinajstić information content (AvgIpc) is 3.44. The molecule has 0 bridgehead atoms. The number of sulfonamides is 1. The SMILES string of the molecule is CS(=O)(=O)N(CC1CCCCC1)c1ccc(Oc2ccc(CN3C[C@@H]4CC(C(N)=O)C[C@H]4C3)cc2)cc1.Cl. The van der Waals surface area contributed by atoms with Crippen molar-refractivity contribution in [2.75, 3.05) is 30.2 Å². The summed E-state index contributed by atoms with van der Waals surface area (Å²) in [7, 11) is -3.35. The van der Waals surface area contributed by atoms with Crippen molar-refractivity contribution < 1.29 is 17.9 Å². The van der Waals surface area contributed by atoms with Crippen molar-refractivity contribution in [3.63, 3.8) is 0 Å². The smallest absolute Gasteiger partial charge is 0.232 e. The van der Waals surface area contributed by atoms with Gasteiger partial charge in [-0.15, -0.1) is 12.4 Å². The van der Waals surface area contributed by atoms with Gasteiger partial charge in [0.15, 0.2) is 0 Å². The van der Waals surface area contributed by atoms with E-state index in [4.69, 9.17) is 10.5 Å². The summed E-state index contributed by atoms with van der Waals surface area (Å²) in [4.78, 5) is 14.0. The van der Waals surface area contributed by atoms with Gasteiger partial charge in [0.05, 0.1) is 11.9 Å². The molecule has 2 atom stereocenters. The molecule has 0 aromatic heterocycles. The summed E-state index contributed by atoms with van der Waals surface area (Å²) in [5.74, 6) is 2.95. The predicted octanol–water partition coefficient (Wildman–Crippen LogP) is 5.19. The van der Waals surface area contributed by atoms with Gasteiger partial charge in [-0.2, -0.15) is 0 Å². The number of fused-ring (bicyclic) bond motifs is 1. The van der Waals surface area contributed by atoms with Crippen molar-refractivity contribution in [2.24, 2.45) is 29.4 Å². The lowest BCUT2D eigenvalue weighted by Crippen LogP contribution is -2.35. The van der Waals surface area contributed by atoms with E-state index in [9.17, 15) is 13.2 Å². The van der Waals surface area contributed by atoms with Gasteiger partial charge >= 0.3 is 0 Å². The summed E-state index contributed by atoms with van der Waals surface area (Å²) >= 11 is 0. The van der Waals surface area contributed by atoms with Gasteiger partial charge in [-0.25, -0.2) is 8.42 Å². The normalized spacial score (nSPS) is 22.6. The average molecular weight is 562 g/mol. The highest BCUT2D eigenvalue weighted by Gasteiger charge is 2.42. The number of nitrogens with two attached hydrogens (primary N) is 1. The zero-order valence-corrected chi connectivity index (χ0v) is 23.8. The molecule has 3 aliphatic rings. The lowest BCUT2D eigenvalue weighted by molar-refractivity contribution is -0.121. The van der Waals surface area contributed by atoms with E-state index in [-0.39, 0.29) is 24.2 Å². The Kier molecular flexibility index (Phi) is 9.27. The number of likely N-dealkylation sites (tertiary alicyclic amines) is 1. The first-order valence-electron chi connectivity index (χ1n) is 13.6. The molecule has 1 heterocycles. The van der Waals surface area contributed by atoms with Crippen molar-refractivity contribution in [3.05, 3.63) is 54.1 Å². The van der Waals surface area contributed by atoms with E-state index in [2.05, 4.69) is 17.0 Å². The van der Waals surface area contributed by atoms with Crippen LogP contribution in [0.1, 0.15) is 50.5 Å². The number of hydrogen-bond acceptors (Lipinski definition) is 5. The van der Waals surface area contributed by atoms with E-state index >= 15 is 0 Å². The summed E-state index contributed by atoms with van der Waals surface area (Å²) in [6.07, 6.45) is 8.97. The van der Waals surface area contributed by atoms with Crippen LogP contribution >= 0.6 is 12.4 Å². The molecule has 5 rings (SSSR count). The molecule has 3 fully saturated rings. The summed E-state index contributed by atoms with van der Waals surface area (Å²) in [6, 6.07) is 15.5. The Hall–Kier alpha value is -2.29. The zero-order valence-electron chi connectivity index (χ0n) is 22.1. The number of amides is 1. The van der Waals surface area contributed by atoms with Crippen LogP contribution in [0.5, 0.6) is 11.5 Å². The molecular weight excluding hydrogens is 522 g/mol. The lowest BCUT2D eigenvalue weighted by atomic mass is 9.89. The van der Waals surface area contributed by atoms with E-state index < -0.39 is 10.0 Å². The van der Waals surface area contributed by atoms with Crippen LogP contribution in [-0.2, 0) is 21.4 Å². The van der Waals surface area contributed by atoms with Gasteiger partial charge in [0.25, 0.3) is 0 Å². The van der Waals surface area contributed by atoms with Gasteiger partial charge in [0.1, 0.15) is 11.5 Å². The number of nitrogens with zero attached hydrogens (tertiary/aromatic N) is 2. The Morgan fingerprint density at radius 3 is 2.03 bits per heavy atom. The molecule has 9 heteroatoms. The molecule has 1 aliphatic heterocycles. The summed E-state index contributed by atoms with van der Waals surface area (Å²) in [5, 5.41) is 0. The number of carbonyl (C=O) groups excluding carboxylic acids is 1. The van der Waals surface area contributed by atoms with Crippen molar-refractivity contribution in [1.82, 2.24) is 4.90 Å². The number of rotatable bonds is 9. The fourth-order valence-electron chi connectivity index (χ4n) is 6.53. The van der Waals surface area contributed by atoms with Gasteiger partial charge in [-0.1, -0.05) is 31.4 Å². The Morgan fingerprint density at radius 2 is 1.50 bits per heavy atom. The molecule has 1 amide bonds. The number of ether oxygens (including phenoxy) is 1. The van der Waals surface area contributed by atoms with Gasteiger partial charge in [0, 0.05) is 32.1 Å². The first-order valence-corrected chi connectivity index (χ1v) is 15.5. The van der Waals surface area contributed by atoms with Crippen molar-refractivity contribution in [1.29, 1.82) is 0 Å². The summed E-state index contributed by atoms with van der Waals surface area (Å²) < 4.78 is 32.6. The molecule has 2 N–H and O–H groups in total. The summed E-state index contributed by atoms with van der Waals surface area (Å²) in [5.41, 5.74) is 7.43. The molecule has 0 unspecified atom stereocenters. The molecule has 0 spiro atoms. The summed E-state index contributed by atoms with van der Waals surface area (Å²) in [6.45, 7) is 3.50. The van der Waals surface area contributed by atoms with E-state index in [1.807, 2.05) is 36.4 Å². The first-order chi connectivity index (χ1) is 17.7. The maximum absolute atomic E-state index is 12.5. The fourth-order valence-corrected chi connectivity index (χ4v) is 7.52. The second kappa shape index (κ2) is 12.3. The number of hydrogen-bond donors (Lipinski definition) is 1. The third kappa shape index (κ3) is 7.01. The largest absolute Gasteiger partial charge is 0.457 e. The standard InChI is InChI=1S/C29H39N3O4S.ClH/c1-37(34,35)32(18-21-5-3-2-4-6-21)26-9-13-28(14-10-26)36-27-11-7-22(8-12-27)17-31-19-24-15-23(29(30)33)16-25(24)20-31;/h7-14,21,23-25H,2-6,15-20H2,1H3,(H2,30,33);1H/t24-,25-;/m0./s1. The molecule has 208 valence electrons. The fraction of sp³-hybridized carbons (Fsp3) is 0.552. The van der Waals surface area contributed by atoms with Crippen LogP contribution in [0.15, 0.2) is 48.5 Å². The van der Waals surface area contributed by atoms with Crippen molar-refractivity contribution >= 4 is 34.0 Å². The molecule has 2 aliphatic carbocycles. The number of benzene rings is 2. The number of carbonyl (C=O) groups is 1. The maximum atomic E-state index is 12.5. The molecule has 7 nitrogen and oxygen atoms in total. The minimum atomic E-state index is -3.35. The molecule has 0 radical (unpaired) electrons. The zero-order chi connectivity index (χ0) is 26.0. The van der Waals surface area contributed by atoms with Crippen LogP contribution in [0.25, 0.3) is 0 Å². The van der Waals surface area contributed by atoms with Gasteiger partial charge in [0.2, 0.25) is 15.9 Å². The molecule has 2 aromatic rings. The van der Waals surface area contributed by atoms with Crippen LogP contribution in [0.2, 0.25) is 0 Å². The van der Waals surface area contributed by atoms with E-state index in [0.29, 0.717) is 35.7 Å². The predicted molar refractivity (Wildman–Crippen MR) is 153 cm³/mol. The quantitative estimate of drug-likeness (QED) is 0.455. The second-order valence-electron chi connectivity index (χ2n) is 11.3. The Balaban J connectivity index is 0.00000336. The molecular formula is C29H40ClN3O4S. The molecule has 2 saturated carbocycles. The minimum absolute atomic E-state index is 0. The van der Waals surface area contributed by atoms with E-state index in [0.717, 1.165) is 51.1 Å². The van der Waals surface area contributed by atoms with Crippen LogP contribution in [0, 0.1) is 23.7 Å². The monoisotopic (exact) mass is 561 g/mol. The van der Waals surface area contributed by atoms with E-state index in [1.54, 1.807) is 4.31 Å². The third-order valence-electron chi connectivity index (χ3n) is 8.47. The van der Waals surface area contributed by atoms with Crippen molar-refractivity contribution in [3.8, 4) is 11.5 Å².